The number of benzene rings is 1. The van der Waals surface area contributed by atoms with E-state index in [2.05, 4.69) is 0 Å². The number of ketones is 1. The number of aryl methyl sites for hydroxylation is 1. The average molecular weight is 237 g/mol. The second-order valence-corrected chi connectivity index (χ2v) is 3.55. The van der Waals surface area contributed by atoms with Gasteiger partial charge >= 0.3 is 6.18 Å². The van der Waals surface area contributed by atoms with Crippen molar-refractivity contribution in [1.29, 1.82) is 0 Å². The van der Waals surface area contributed by atoms with Crippen LogP contribution in [-0.4, -0.2) is 5.78 Å². The minimum atomic E-state index is -4.61. The lowest BCUT2D eigenvalue weighted by Gasteiger charge is -2.14. The molecule has 1 aromatic carbocycles. The molecule has 0 N–H and O–H groups in total. The summed E-state index contributed by atoms with van der Waals surface area (Å²) in [5.41, 5.74) is -1.14. The summed E-state index contributed by atoms with van der Waals surface area (Å²) in [4.78, 5) is 11.0. The second kappa shape index (κ2) is 3.85. The van der Waals surface area contributed by atoms with Crippen LogP contribution in [0.1, 0.15) is 28.4 Å². The topological polar surface area (TPSA) is 17.1 Å². The van der Waals surface area contributed by atoms with E-state index in [0.29, 0.717) is 5.56 Å². The average Bonchev–Trinajstić information content (AvgIpc) is 2.06. The zero-order valence-corrected chi connectivity index (χ0v) is 8.83. The van der Waals surface area contributed by atoms with Gasteiger partial charge in [-0.05, 0) is 19.4 Å². The van der Waals surface area contributed by atoms with Gasteiger partial charge in [-0.15, -0.1) is 0 Å². The van der Waals surface area contributed by atoms with Crippen LogP contribution in [0.4, 0.5) is 13.2 Å². The van der Waals surface area contributed by atoms with Crippen LogP contribution in [0.5, 0.6) is 0 Å². The van der Waals surface area contributed by atoms with Crippen molar-refractivity contribution >= 4 is 17.4 Å². The van der Waals surface area contributed by atoms with Crippen LogP contribution < -0.4 is 0 Å². The van der Waals surface area contributed by atoms with Gasteiger partial charge in [-0.1, -0.05) is 23.7 Å². The molecule has 0 amide bonds. The smallest absolute Gasteiger partial charge is 0.294 e. The number of alkyl halides is 3. The molecule has 15 heavy (non-hydrogen) atoms. The third-order valence-corrected chi connectivity index (χ3v) is 2.48. The number of carbonyl (C=O) groups excluding carboxylic acids is 1. The van der Waals surface area contributed by atoms with Crippen molar-refractivity contribution < 1.29 is 18.0 Å². The highest BCUT2D eigenvalue weighted by Crippen LogP contribution is 2.38. The minimum absolute atomic E-state index is 0.300. The van der Waals surface area contributed by atoms with Crippen LogP contribution in [0.25, 0.3) is 0 Å². The summed E-state index contributed by atoms with van der Waals surface area (Å²) in [5.74, 6) is -0.649. The first-order valence-electron chi connectivity index (χ1n) is 4.12. The summed E-state index contributed by atoms with van der Waals surface area (Å²) in [6, 6.07) is 2.54. The Labute approximate surface area is 89.9 Å². The number of hydrogen-bond donors (Lipinski definition) is 0. The Kier molecular flexibility index (Phi) is 3.09. The van der Waals surface area contributed by atoms with Gasteiger partial charge in [0, 0.05) is 5.56 Å². The molecule has 1 nitrogen and oxygen atoms in total. The Bertz CT molecular complexity index is 410. The molecule has 0 saturated carbocycles. The largest absolute Gasteiger partial charge is 0.418 e. The predicted molar refractivity (Wildman–Crippen MR) is 51.2 cm³/mol. The maximum Gasteiger partial charge on any atom is 0.418 e. The molecule has 0 heterocycles. The molecule has 0 atom stereocenters. The lowest BCUT2D eigenvalue weighted by atomic mass is 10.0. The van der Waals surface area contributed by atoms with Gasteiger partial charge in [0.2, 0.25) is 0 Å². The maximum absolute atomic E-state index is 12.6. The number of rotatable bonds is 1. The summed E-state index contributed by atoms with van der Waals surface area (Å²) in [5, 5.41) is -0.407. The number of hydrogen-bond acceptors (Lipinski definition) is 1. The van der Waals surface area contributed by atoms with Gasteiger partial charge in [0.05, 0.1) is 10.6 Å². The van der Waals surface area contributed by atoms with E-state index in [9.17, 15) is 18.0 Å². The second-order valence-electron chi connectivity index (χ2n) is 3.17. The van der Waals surface area contributed by atoms with Crippen LogP contribution in [0.3, 0.4) is 0 Å². The highest BCUT2D eigenvalue weighted by atomic mass is 35.5. The SMILES string of the molecule is CC(=O)c1ccc(C)c(Cl)c1C(F)(F)F. The molecule has 5 heteroatoms. The number of Topliss-reactive ketones (excluding diaryl/α,β-unsaturated/α-hetero) is 1. The summed E-state index contributed by atoms with van der Waals surface area (Å²) < 4.78 is 37.8. The van der Waals surface area contributed by atoms with E-state index in [1.165, 1.54) is 13.0 Å². The Balaban J connectivity index is 3.57. The molecule has 82 valence electrons. The van der Waals surface area contributed by atoms with Crippen molar-refractivity contribution in [1.82, 2.24) is 0 Å². The van der Waals surface area contributed by atoms with Gasteiger partial charge in [-0.2, -0.15) is 13.2 Å². The van der Waals surface area contributed by atoms with Crippen molar-refractivity contribution in [2.24, 2.45) is 0 Å². The van der Waals surface area contributed by atoms with E-state index in [4.69, 9.17) is 11.6 Å². The van der Waals surface area contributed by atoms with Gasteiger partial charge in [0.25, 0.3) is 0 Å². The molecule has 1 aromatic rings. The molecule has 0 fully saturated rings. The number of carbonyl (C=O) groups is 1. The summed E-state index contributed by atoms with van der Waals surface area (Å²) in [6.45, 7) is 2.54. The molecule has 0 unspecified atom stereocenters. The molecule has 0 aliphatic heterocycles. The first kappa shape index (κ1) is 12.0. The normalized spacial score (nSPS) is 11.6. The summed E-state index contributed by atoms with van der Waals surface area (Å²) >= 11 is 5.55. The Morgan fingerprint density at radius 1 is 1.33 bits per heavy atom. The van der Waals surface area contributed by atoms with Crippen LogP contribution in [-0.2, 0) is 6.18 Å². The van der Waals surface area contributed by atoms with Gasteiger partial charge in [0.15, 0.2) is 5.78 Å². The zero-order chi connectivity index (χ0) is 11.8. The van der Waals surface area contributed by atoms with E-state index in [0.717, 1.165) is 13.0 Å². The number of halogens is 4. The zero-order valence-electron chi connectivity index (χ0n) is 8.07. The first-order valence-corrected chi connectivity index (χ1v) is 4.50. The van der Waals surface area contributed by atoms with Crippen molar-refractivity contribution in [3.8, 4) is 0 Å². The Morgan fingerprint density at radius 3 is 2.27 bits per heavy atom. The fraction of sp³-hybridized carbons (Fsp3) is 0.300. The lowest BCUT2D eigenvalue weighted by molar-refractivity contribution is -0.137. The van der Waals surface area contributed by atoms with Gasteiger partial charge in [-0.25, -0.2) is 0 Å². The maximum atomic E-state index is 12.6. The quantitative estimate of drug-likeness (QED) is 0.677. The molecular weight excluding hydrogens is 229 g/mol. The van der Waals surface area contributed by atoms with Gasteiger partial charge in [-0.3, -0.25) is 4.79 Å². The van der Waals surface area contributed by atoms with E-state index in [1.807, 2.05) is 0 Å². The molecule has 0 saturated heterocycles. The third-order valence-electron chi connectivity index (χ3n) is 2.00. The molecule has 0 bridgehead atoms. The van der Waals surface area contributed by atoms with E-state index < -0.39 is 28.1 Å². The van der Waals surface area contributed by atoms with Gasteiger partial charge < -0.3 is 0 Å². The van der Waals surface area contributed by atoms with Crippen molar-refractivity contribution in [3.05, 3.63) is 33.8 Å². The Hall–Kier alpha value is -1.03. The van der Waals surface area contributed by atoms with Crippen LogP contribution in [0.2, 0.25) is 5.02 Å². The third kappa shape index (κ3) is 2.31. The van der Waals surface area contributed by atoms with Crippen molar-refractivity contribution in [2.45, 2.75) is 20.0 Å². The van der Waals surface area contributed by atoms with Crippen LogP contribution >= 0.6 is 11.6 Å². The fourth-order valence-corrected chi connectivity index (χ4v) is 1.52. The van der Waals surface area contributed by atoms with E-state index in [-0.39, 0.29) is 0 Å². The lowest BCUT2D eigenvalue weighted by Crippen LogP contribution is -2.13. The standard InChI is InChI=1S/C10H8ClF3O/c1-5-3-4-7(6(2)15)8(9(5)11)10(12,13)14/h3-4H,1-2H3. The fourth-order valence-electron chi connectivity index (χ4n) is 1.25. The van der Waals surface area contributed by atoms with Crippen molar-refractivity contribution in [2.75, 3.05) is 0 Å². The molecule has 0 aliphatic rings. The van der Waals surface area contributed by atoms with E-state index >= 15 is 0 Å². The van der Waals surface area contributed by atoms with Crippen LogP contribution in [0, 0.1) is 6.92 Å². The molecule has 0 spiro atoms. The Morgan fingerprint density at radius 2 is 1.87 bits per heavy atom. The highest BCUT2D eigenvalue weighted by Gasteiger charge is 2.37. The van der Waals surface area contributed by atoms with Gasteiger partial charge in [0.1, 0.15) is 0 Å². The highest BCUT2D eigenvalue weighted by molar-refractivity contribution is 6.32. The molecule has 0 aliphatic carbocycles. The summed E-state index contributed by atoms with van der Waals surface area (Å²) in [7, 11) is 0. The first-order chi connectivity index (χ1) is 6.75. The predicted octanol–water partition coefficient (Wildman–Crippen LogP) is 3.87. The van der Waals surface area contributed by atoms with Crippen LogP contribution in [0.15, 0.2) is 12.1 Å². The van der Waals surface area contributed by atoms with Crippen molar-refractivity contribution in [3.63, 3.8) is 0 Å². The molecular formula is C10H8ClF3O. The molecule has 1 rings (SSSR count). The monoisotopic (exact) mass is 236 g/mol. The van der Waals surface area contributed by atoms with E-state index in [1.54, 1.807) is 0 Å². The molecule has 0 radical (unpaired) electrons. The summed E-state index contributed by atoms with van der Waals surface area (Å²) in [6.07, 6.45) is -4.61. The minimum Gasteiger partial charge on any atom is -0.294 e. The molecule has 0 aromatic heterocycles.